The molecule has 0 aromatic heterocycles. The molecular weight excluding hydrogens is 238 g/mol. The smallest absolute Gasteiger partial charge is 0.159 e. The van der Waals surface area contributed by atoms with Gasteiger partial charge in [-0.3, -0.25) is 4.90 Å². The van der Waals surface area contributed by atoms with Gasteiger partial charge in [-0.1, -0.05) is 6.07 Å². The van der Waals surface area contributed by atoms with Crippen LogP contribution in [0.4, 0.5) is 8.78 Å². The maximum absolute atomic E-state index is 13.1. The van der Waals surface area contributed by atoms with Crippen molar-refractivity contribution in [2.45, 2.75) is 25.7 Å². The maximum Gasteiger partial charge on any atom is 0.159 e. The second kappa shape index (κ2) is 5.73. The van der Waals surface area contributed by atoms with Gasteiger partial charge in [-0.15, -0.1) is 0 Å². The molecule has 0 radical (unpaired) electrons. The summed E-state index contributed by atoms with van der Waals surface area (Å²) in [7, 11) is 0. The molecule has 5 heteroatoms. The van der Waals surface area contributed by atoms with Crippen molar-refractivity contribution in [3.05, 3.63) is 35.4 Å². The Hall–Kier alpha value is -1.04. The topological polar surface area (TPSA) is 38.5 Å². The van der Waals surface area contributed by atoms with Crippen molar-refractivity contribution in [1.82, 2.24) is 4.90 Å². The van der Waals surface area contributed by atoms with Gasteiger partial charge < -0.3 is 10.5 Å². The van der Waals surface area contributed by atoms with Gasteiger partial charge in [-0.05, 0) is 24.6 Å². The van der Waals surface area contributed by atoms with Gasteiger partial charge in [0.05, 0.1) is 12.2 Å². The summed E-state index contributed by atoms with van der Waals surface area (Å²) in [5.74, 6) is -1.61. The number of nitrogens with zero attached hydrogens (tertiary/aromatic N) is 1. The van der Waals surface area contributed by atoms with Crippen molar-refractivity contribution in [2.24, 2.45) is 5.73 Å². The average Bonchev–Trinajstić information content (AvgIpc) is 2.33. The fourth-order valence-electron chi connectivity index (χ4n) is 2.30. The quantitative estimate of drug-likeness (QED) is 0.891. The Morgan fingerprint density at radius 1 is 1.33 bits per heavy atom. The molecule has 18 heavy (non-hydrogen) atoms. The van der Waals surface area contributed by atoms with E-state index in [0.29, 0.717) is 13.1 Å². The van der Waals surface area contributed by atoms with E-state index >= 15 is 0 Å². The third-order valence-corrected chi connectivity index (χ3v) is 3.05. The molecule has 0 aliphatic carbocycles. The lowest BCUT2D eigenvalue weighted by molar-refractivity contribution is -0.0745. The number of ether oxygens (including phenoxy) is 1. The predicted molar refractivity (Wildman–Crippen MR) is 65.0 cm³/mol. The van der Waals surface area contributed by atoms with Gasteiger partial charge in [0.2, 0.25) is 0 Å². The number of hydrogen-bond acceptors (Lipinski definition) is 3. The normalized spacial score (nSPS) is 25.3. The van der Waals surface area contributed by atoms with Crippen LogP contribution >= 0.6 is 0 Å². The highest BCUT2D eigenvalue weighted by molar-refractivity contribution is 5.17. The fourth-order valence-corrected chi connectivity index (χ4v) is 2.30. The zero-order chi connectivity index (χ0) is 13.1. The van der Waals surface area contributed by atoms with Crippen LogP contribution in [0.25, 0.3) is 0 Å². The van der Waals surface area contributed by atoms with Crippen LogP contribution in [0.2, 0.25) is 0 Å². The van der Waals surface area contributed by atoms with E-state index in [9.17, 15) is 8.78 Å². The van der Waals surface area contributed by atoms with Crippen LogP contribution < -0.4 is 5.73 Å². The van der Waals surface area contributed by atoms with Crippen molar-refractivity contribution in [3.8, 4) is 0 Å². The van der Waals surface area contributed by atoms with Gasteiger partial charge in [0, 0.05) is 26.2 Å². The molecule has 2 atom stereocenters. The highest BCUT2D eigenvalue weighted by Crippen LogP contribution is 2.15. The van der Waals surface area contributed by atoms with E-state index < -0.39 is 11.6 Å². The van der Waals surface area contributed by atoms with Crippen LogP contribution in [0.15, 0.2) is 18.2 Å². The lowest BCUT2D eigenvalue weighted by Crippen LogP contribution is -2.48. The number of morpholine rings is 1. The van der Waals surface area contributed by atoms with Crippen molar-refractivity contribution in [1.29, 1.82) is 0 Å². The second-order valence-corrected chi connectivity index (χ2v) is 4.75. The van der Waals surface area contributed by atoms with Crippen LogP contribution in [0.1, 0.15) is 12.5 Å². The Morgan fingerprint density at radius 3 is 2.78 bits per heavy atom. The van der Waals surface area contributed by atoms with E-state index in [0.717, 1.165) is 24.7 Å². The molecule has 3 nitrogen and oxygen atoms in total. The minimum Gasteiger partial charge on any atom is -0.371 e. The summed E-state index contributed by atoms with van der Waals surface area (Å²) in [6.45, 7) is 4.54. The lowest BCUT2D eigenvalue weighted by Gasteiger charge is -2.36. The highest BCUT2D eigenvalue weighted by atomic mass is 19.2. The minimum atomic E-state index is -0.811. The molecule has 0 amide bonds. The zero-order valence-corrected chi connectivity index (χ0v) is 10.4. The zero-order valence-electron chi connectivity index (χ0n) is 10.4. The van der Waals surface area contributed by atoms with Gasteiger partial charge in [0.25, 0.3) is 0 Å². The van der Waals surface area contributed by atoms with E-state index in [2.05, 4.69) is 4.90 Å². The first-order valence-electron chi connectivity index (χ1n) is 6.10. The van der Waals surface area contributed by atoms with Crippen molar-refractivity contribution >= 4 is 0 Å². The molecule has 1 aliphatic rings. The fraction of sp³-hybridized carbons (Fsp3) is 0.538. The molecule has 2 N–H and O–H groups in total. The van der Waals surface area contributed by atoms with Gasteiger partial charge in [0.15, 0.2) is 11.6 Å². The Balaban J connectivity index is 2.01. The van der Waals surface area contributed by atoms with E-state index in [1.807, 2.05) is 6.92 Å². The largest absolute Gasteiger partial charge is 0.371 e. The van der Waals surface area contributed by atoms with Gasteiger partial charge in [-0.2, -0.15) is 0 Å². The van der Waals surface area contributed by atoms with Crippen LogP contribution in [0.3, 0.4) is 0 Å². The van der Waals surface area contributed by atoms with Gasteiger partial charge in [0.1, 0.15) is 0 Å². The summed E-state index contributed by atoms with van der Waals surface area (Å²) in [5, 5.41) is 0. The van der Waals surface area contributed by atoms with Gasteiger partial charge >= 0.3 is 0 Å². The molecule has 1 aromatic carbocycles. The lowest BCUT2D eigenvalue weighted by atomic mass is 10.1. The summed E-state index contributed by atoms with van der Waals surface area (Å²) in [6, 6.07) is 4.01. The van der Waals surface area contributed by atoms with Crippen LogP contribution in [-0.2, 0) is 11.3 Å². The first-order valence-corrected chi connectivity index (χ1v) is 6.10. The van der Waals surface area contributed by atoms with Crippen LogP contribution in [-0.4, -0.2) is 36.7 Å². The van der Waals surface area contributed by atoms with Crippen molar-refractivity contribution in [3.63, 3.8) is 0 Å². The molecule has 1 fully saturated rings. The molecule has 2 unspecified atom stereocenters. The number of nitrogens with two attached hydrogens (primary N) is 1. The Bertz CT molecular complexity index is 414. The molecule has 1 aliphatic heterocycles. The Morgan fingerprint density at radius 2 is 2.11 bits per heavy atom. The third kappa shape index (κ3) is 3.25. The predicted octanol–water partition coefficient (Wildman–Crippen LogP) is 1.51. The van der Waals surface area contributed by atoms with E-state index in [1.54, 1.807) is 6.07 Å². The molecule has 1 saturated heterocycles. The average molecular weight is 256 g/mol. The summed E-state index contributed by atoms with van der Waals surface area (Å²) in [5.41, 5.74) is 6.37. The summed E-state index contributed by atoms with van der Waals surface area (Å²) < 4.78 is 31.6. The van der Waals surface area contributed by atoms with Crippen molar-refractivity contribution in [2.75, 3.05) is 19.6 Å². The number of halogens is 2. The highest BCUT2D eigenvalue weighted by Gasteiger charge is 2.24. The molecule has 1 heterocycles. The first-order chi connectivity index (χ1) is 8.58. The molecule has 0 spiro atoms. The summed E-state index contributed by atoms with van der Waals surface area (Å²) in [6.07, 6.45) is 0.122. The number of benzene rings is 1. The first kappa shape index (κ1) is 13.4. The Labute approximate surface area is 106 Å². The molecule has 100 valence electrons. The molecule has 1 aromatic rings. The number of hydrogen-bond donors (Lipinski definition) is 1. The monoisotopic (exact) mass is 256 g/mol. The molecule has 0 saturated carbocycles. The minimum absolute atomic E-state index is 0.0130. The molecule has 2 rings (SSSR count). The molecule has 0 bridgehead atoms. The maximum atomic E-state index is 13.1. The van der Waals surface area contributed by atoms with Gasteiger partial charge in [-0.25, -0.2) is 8.78 Å². The van der Waals surface area contributed by atoms with Crippen LogP contribution in [0, 0.1) is 11.6 Å². The van der Waals surface area contributed by atoms with Crippen molar-refractivity contribution < 1.29 is 13.5 Å². The van der Waals surface area contributed by atoms with Crippen LogP contribution in [0.5, 0.6) is 0 Å². The van der Waals surface area contributed by atoms with E-state index in [-0.39, 0.29) is 12.2 Å². The summed E-state index contributed by atoms with van der Waals surface area (Å²) >= 11 is 0. The Kier molecular flexibility index (Phi) is 4.27. The third-order valence-electron chi connectivity index (χ3n) is 3.05. The van der Waals surface area contributed by atoms with E-state index in [1.165, 1.54) is 6.07 Å². The molecular formula is C13H18F2N2O. The second-order valence-electron chi connectivity index (χ2n) is 4.75. The number of rotatable bonds is 3. The van der Waals surface area contributed by atoms with E-state index in [4.69, 9.17) is 10.5 Å². The SMILES string of the molecule is CC1CN(Cc2ccc(F)c(F)c2)CC(CN)O1. The summed E-state index contributed by atoms with van der Waals surface area (Å²) in [4.78, 5) is 2.15. The standard InChI is InChI=1S/C13H18F2N2O/c1-9-6-17(8-11(5-16)18-9)7-10-2-3-12(14)13(15)4-10/h2-4,9,11H,5-8,16H2,1H3.